The number of carboxylic acid groups (broad SMARTS) is 1. The van der Waals surface area contributed by atoms with Gasteiger partial charge in [0, 0.05) is 5.69 Å². The topological polar surface area (TPSA) is 116 Å². The van der Waals surface area contributed by atoms with E-state index in [4.69, 9.17) is 21.3 Å². The summed E-state index contributed by atoms with van der Waals surface area (Å²) in [5.74, 6) is -1.28. The van der Waals surface area contributed by atoms with E-state index in [0.717, 1.165) is 0 Å². The number of aromatic carboxylic acids is 1. The molecule has 102 valence electrons. The maximum Gasteiger partial charge on any atom is 0.337 e. The minimum Gasteiger partial charge on any atom is -0.478 e. The van der Waals surface area contributed by atoms with Crippen LogP contribution < -0.4 is 16.2 Å². The van der Waals surface area contributed by atoms with Crippen LogP contribution >= 0.6 is 0 Å². The summed E-state index contributed by atoms with van der Waals surface area (Å²) in [5, 5.41) is 8.99. The second-order valence-electron chi connectivity index (χ2n) is 4.02. The Morgan fingerprint density at radius 2 is 1.75 bits per heavy atom. The summed E-state index contributed by atoms with van der Waals surface area (Å²) >= 11 is 0. The predicted molar refractivity (Wildman–Crippen MR) is 72.8 cm³/mol. The Hall–Kier alpha value is -3.02. The molecular formula is C14H12N2O4. The molecular weight excluding hydrogens is 260 g/mol. The molecule has 2 aromatic carbocycles. The molecule has 6 nitrogen and oxygen atoms in total. The molecule has 0 radical (unpaired) electrons. The van der Waals surface area contributed by atoms with E-state index in [2.05, 4.69) is 0 Å². The molecule has 0 aliphatic carbocycles. The van der Waals surface area contributed by atoms with Crippen LogP contribution in [0.15, 0.2) is 42.5 Å². The molecule has 2 rings (SSSR count). The number of carboxylic acids is 1. The molecule has 0 aliphatic rings. The minimum atomic E-state index is -1.16. The fraction of sp³-hybridized carbons (Fsp3) is 0. The molecule has 1 amide bonds. The lowest BCUT2D eigenvalue weighted by Crippen LogP contribution is -2.12. The summed E-state index contributed by atoms with van der Waals surface area (Å²) in [6, 6.07) is 10.6. The van der Waals surface area contributed by atoms with Gasteiger partial charge >= 0.3 is 5.97 Å². The monoisotopic (exact) mass is 272 g/mol. The number of primary amides is 1. The van der Waals surface area contributed by atoms with Crippen LogP contribution in [-0.2, 0) is 0 Å². The van der Waals surface area contributed by atoms with E-state index < -0.39 is 11.9 Å². The molecule has 0 unspecified atom stereocenters. The van der Waals surface area contributed by atoms with Gasteiger partial charge < -0.3 is 21.3 Å². The van der Waals surface area contributed by atoms with E-state index in [0.29, 0.717) is 0 Å². The molecule has 0 spiro atoms. The second kappa shape index (κ2) is 5.31. The highest BCUT2D eigenvalue weighted by atomic mass is 16.5. The average Bonchev–Trinajstić information content (AvgIpc) is 2.41. The minimum absolute atomic E-state index is 0.0703. The number of ether oxygens (including phenoxy) is 1. The molecule has 2 aromatic rings. The third-order valence-corrected chi connectivity index (χ3v) is 2.64. The predicted octanol–water partition coefficient (Wildman–Crippen LogP) is 1.86. The number of nitrogens with two attached hydrogens (primary N) is 2. The number of para-hydroxylation sites is 1. The van der Waals surface area contributed by atoms with Gasteiger partial charge in [0.1, 0.15) is 11.5 Å². The van der Waals surface area contributed by atoms with E-state index in [9.17, 15) is 9.59 Å². The van der Waals surface area contributed by atoms with Crippen molar-refractivity contribution in [3.8, 4) is 11.5 Å². The maximum atomic E-state index is 11.3. The summed E-state index contributed by atoms with van der Waals surface area (Å²) in [6.07, 6.45) is 0. The van der Waals surface area contributed by atoms with Gasteiger partial charge in [-0.15, -0.1) is 0 Å². The number of benzene rings is 2. The fourth-order valence-electron chi connectivity index (χ4n) is 1.67. The van der Waals surface area contributed by atoms with Crippen LogP contribution in [0.1, 0.15) is 20.7 Å². The third kappa shape index (κ3) is 2.69. The third-order valence-electron chi connectivity index (χ3n) is 2.64. The van der Waals surface area contributed by atoms with Crippen LogP contribution in [-0.4, -0.2) is 17.0 Å². The van der Waals surface area contributed by atoms with Gasteiger partial charge in [-0.25, -0.2) is 4.79 Å². The van der Waals surface area contributed by atoms with Crippen molar-refractivity contribution < 1.29 is 19.4 Å². The quantitative estimate of drug-likeness (QED) is 0.734. The van der Waals surface area contributed by atoms with Crippen LogP contribution in [0.5, 0.6) is 11.5 Å². The lowest BCUT2D eigenvalue weighted by molar-refractivity contribution is 0.0697. The highest BCUT2D eigenvalue weighted by Crippen LogP contribution is 2.27. The molecule has 20 heavy (non-hydrogen) atoms. The van der Waals surface area contributed by atoms with Crippen LogP contribution in [0.3, 0.4) is 0 Å². The van der Waals surface area contributed by atoms with Crippen molar-refractivity contribution in [1.82, 2.24) is 0 Å². The summed E-state index contributed by atoms with van der Waals surface area (Å²) < 4.78 is 5.50. The Bertz CT molecular complexity index is 683. The molecule has 0 heterocycles. The van der Waals surface area contributed by atoms with Gasteiger partial charge in [0.15, 0.2) is 0 Å². The Labute approximate surface area is 114 Å². The van der Waals surface area contributed by atoms with Gasteiger partial charge in [-0.3, -0.25) is 4.79 Å². The molecule has 0 aliphatic heterocycles. The lowest BCUT2D eigenvalue weighted by Gasteiger charge is -2.10. The van der Waals surface area contributed by atoms with Crippen molar-refractivity contribution in [2.75, 3.05) is 5.73 Å². The summed E-state index contributed by atoms with van der Waals surface area (Å²) in [7, 11) is 0. The Morgan fingerprint density at radius 3 is 2.40 bits per heavy atom. The first-order valence-corrected chi connectivity index (χ1v) is 5.68. The summed E-state index contributed by atoms with van der Waals surface area (Å²) in [6.45, 7) is 0. The van der Waals surface area contributed by atoms with Gasteiger partial charge in [0.05, 0.1) is 11.1 Å². The van der Waals surface area contributed by atoms with Crippen LogP contribution in [0.2, 0.25) is 0 Å². The van der Waals surface area contributed by atoms with Crippen molar-refractivity contribution in [1.29, 1.82) is 0 Å². The number of amides is 1. The molecule has 0 saturated heterocycles. The number of hydrogen-bond donors (Lipinski definition) is 3. The van der Waals surface area contributed by atoms with Crippen molar-refractivity contribution in [3.05, 3.63) is 53.6 Å². The van der Waals surface area contributed by atoms with E-state index in [1.807, 2.05) is 0 Å². The van der Waals surface area contributed by atoms with Gasteiger partial charge in [0.2, 0.25) is 0 Å². The standard InChI is InChI=1S/C14H12N2O4/c15-11-6-5-8(7-10(11)14(18)19)20-12-4-2-1-3-9(12)13(16)17/h1-7H,15H2,(H2,16,17)(H,18,19). The van der Waals surface area contributed by atoms with Crippen molar-refractivity contribution in [3.63, 3.8) is 0 Å². The van der Waals surface area contributed by atoms with Gasteiger partial charge in [-0.1, -0.05) is 12.1 Å². The first kappa shape index (κ1) is 13.4. The van der Waals surface area contributed by atoms with Crippen LogP contribution in [0, 0.1) is 0 Å². The average molecular weight is 272 g/mol. The summed E-state index contributed by atoms with van der Waals surface area (Å²) in [4.78, 5) is 22.3. The molecule has 0 saturated carbocycles. The van der Waals surface area contributed by atoms with Crippen LogP contribution in [0.25, 0.3) is 0 Å². The van der Waals surface area contributed by atoms with Crippen molar-refractivity contribution in [2.45, 2.75) is 0 Å². The zero-order chi connectivity index (χ0) is 14.7. The lowest BCUT2D eigenvalue weighted by atomic mass is 10.1. The Balaban J connectivity index is 2.38. The zero-order valence-corrected chi connectivity index (χ0v) is 10.4. The smallest absolute Gasteiger partial charge is 0.337 e. The maximum absolute atomic E-state index is 11.3. The Kier molecular flexibility index (Phi) is 3.56. The molecule has 0 aromatic heterocycles. The van der Waals surface area contributed by atoms with Gasteiger partial charge in [-0.05, 0) is 30.3 Å². The molecule has 0 bridgehead atoms. The number of nitrogen functional groups attached to an aromatic ring is 1. The molecule has 0 atom stereocenters. The second-order valence-corrected chi connectivity index (χ2v) is 4.02. The number of rotatable bonds is 4. The van der Waals surface area contributed by atoms with E-state index in [1.165, 1.54) is 24.3 Å². The highest BCUT2D eigenvalue weighted by Gasteiger charge is 2.12. The summed E-state index contributed by atoms with van der Waals surface area (Å²) in [5.41, 5.74) is 11.1. The first-order valence-electron chi connectivity index (χ1n) is 5.68. The number of anilines is 1. The van der Waals surface area contributed by atoms with Crippen LogP contribution in [0.4, 0.5) is 5.69 Å². The van der Waals surface area contributed by atoms with E-state index >= 15 is 0 Å². The molecule has 5 N–H and O–H groups in total. The van der Waals surface area contributed by atoms with E-state index in [-0.39, 0.29) is 28.3 Å². The normalized spacial score (nSPS) is 10.0. The first-order chi connectivity index (χ1) is 9.49. The zero-order valence-electron chi connectivity index (χ0n) is 10.4. The van der Waals surface area contributed by atoms with Crippen molar-refractivity contribution in [2.24, 2.45) is 5.73 Å². The highest BCUT2D eigenvalue weighted by molar-refractivity contribution is 5.96. The number of hydrogen-bond acceptors (Lipinski definition) is 4. The van der Waals surface area contributed by atoms with E-state index in [1.54, 1.807) is 18.2 Å². The number of carbonyl (C=O) groups is 2. The van der Waals surface area contributed by atoms with Gasteiger partial charge in [0.25, 0.3) is 5.91 Å². The SMILES string of the molecule is NC(=O)c1ccccc1Oc1ccc(N)c(C(=O)O)c1. The molecule has 6 heteroatoms. The Morgan fingerprint density at radius 1 is 1.05 bits per heavy atom. The molecule has 0 fully saturated rings. The largest absolute Gasteiger partial charge is 0.478 e. The number of carbonyl (C=O) groups excluding carboxylic acids is 1. The van der Waals surface area contributed by atoms with Gasteiger partial charge in [-0.2, -0.15) is 0 Å². The fourth-order valence-corrected chi connectivity index (χ4v) is 1.67. The van der Waals surface area contributed by atoms with Crippen molar-refractivity contribution >= 4 is 17.6 Å².